The van der Waals surface area contributed by atoms with Gasteiger partial charge in [-0.15, -0.1) is 12.4 Å². The average molecular weight is 224 g/mol. The van der Waals surface area contributed by atoms with Gasteiger partial charge in [-0.1, -0.05) is 0 Å². The minimum absolute atomic E-state index is 0. The molecule has 2 nitrogen and oxygen atoms in total. The van der Waals surface area contributed by atoms with Gasteiger partial charge in [0, 0.05) is 16.7 Å². The van der Waals surface area contributed by atoms with E-state index in [1.54, 1.807) is 19.4 Å². The number of ether oxygens (including phenoxy) is 1. The number of aromatic nitrogens is 1. The van der Waals surface area contributed by atoms with Crippen molar-refractivity contribution in [2.75, 3.05) is 7.11 Å². The summed E-state index contributed by atoms with van der Waals surface area (Å²) < 4.78 is 5.80. The SMILES string of the molecule is COc1ccc(Br)cn1.Cl. The number of halogens is 2. The van der Waals surface area contributed by atoms with Crippen LogP contribution in [-0.2, 0) is 0 Å². The average Bonchev–Trinajstić information content (AvgIpc) is 1.90. The molecule has 56 valence electrons. The Morgan fingerprint density at radius 1 is 1.50 bits per heavy atom. The summed E-state index contributed by atoms with van der Waals surface area (Å²) in [5.74, 6) is 0.637. The fourth-order valence-electron chi connectivity index (χ4n) is 0.483. The maximum absolute atomic E-state index is 4.84. The van der Waals surface area contributed by atoms with E-state index >= 15 is 0 Å². The molecule has 1 aromatic heterocycles. The fraction of sp³-hybridized carbons (Fsp3) is 0.167. The van der Waals surface area contributed by atoms with E-state index in [1.165, 1.54) is 0 Å². The van der Waals surface area contributed by atoms with Crippen molar-refractivity contribution in [2.45, 2.75) is 0 Å². The largest absolute Gasteiger partial charge is 0.481 e. The van der Waals surface area contributed by atoms with Crippen LogP contribution < -0.4 is 4.74 Å². The fourth-order valence-corrected chi connectivity index (χ4v) is 0.718. The molecule has 0 saturated carbocycles. The number of hydrogen-bond acceptors (Lipinski definition) is 2. The van der Waals surface area contributed by atoms with Gasteiger partial charge < -0.3 is 4.74 Å². The zero-order chi connectivity index (χ0) is 6.69. The summed E-state index contributed by atoms with van der Waals surface area (Å²) in [5, 5.41) is 0. The standard InChI is InChI=1S/C6H6BrNO.ClH/c1-9-6-3-2-5(7)4-8-6;/h2-4H,1H3;1H. The second-order valence-corrected chi connectivity index (χ2v) is 2.43. The van der Waals surface area contributed by atoms with Crippen LogP contribution in [0.25, 0.3) is 0 Å². The van der Waals surface area contributed by atoms with Crippen LogP contribution in [0, 0.1) is 0 Å². The topological polar surface area (TPSA) is 22.1 Å². The lowest BCUT2D eigenvalue weighted by Crippen LogP contribution is -1.84. The van der Waals surface area contributed by atoms with E-state index in [9.17, 15) is 0 Å². The summed E-state index contributed by atoms with van der Waals surface area (Å²) in [4.78, 5) is 3.93. The molecular weight excluding hydrogens is 217 g/mol. The molecule has 10 heavy (non-hydrogen) atoms. The minimum Gasteiger partial charge on any atom is -0.481 e. The second kappa shape index (κ2) is 4.52. The van der Waals surface area contributed by atoms with E-state index < -0.39 is 0 Å². The molecule has 4 heteroatoms. The van der Waals surface area contributed by atoms with Gasteiger partial charge in [0.1, 0.15) is 0 Å². The molecule has 0 saturated heterocycles. The summed E-state index contributed by atoms with van der Waals surface area (Å²) >= 11 is 3.26. The van der Waals surface area contributed by atoms with Crippen molar-refractivity contribution in [3.8, 4) is 5.88 Å². The number of methoxy groups -OCH3 is 1. The van der Waals surface area contributed by atoms with Gasteiger partial charge >= 0.3 is 0 Å². The van der Waals surface area contributed by atoms with Gasteiger partial charge in [0.15, 0.2) is 0 Å². The molecule has 0 aliphatic heterocycles. The molecule has 1 heterocycles. The van der Waals surface area contributed by atoms with Gasteiger partial charge in [0.25, 0.3) is 0 Å². The molecule has 1 aromatic rings. The lowest BCUT2D eigenvalue weighted by atomic mass is 10.5. The van der Waals surface area contributed by atoms with Gasteiger partial charge in [-0.3, -0.25) is 0 Å². The predicted molar refractivity (Wildman–Crippen MR) is 45.7 cm³/mol. The third kappa shape index (κ3) is 2.54. The number of nitrogens with zero attached hydrogens (tertiary/aromatic N) is 1. The molecule has 0 bridgehead atoms. The van der Waals surface area contributed by atoms with Crippen molar-refractivity contribution in [3.05, 3.63) is 22.8 Å². The molecule has 0 aliphatic rings. The van der Waals surface area contributed by atoms with Crippen molar-refractivity contribution in [1.29, 1.82) is 0 Å². The van der Waals surface area contributed by atoms with Crippen LogP contribution in [0.4, 0.5) is 0 Å². The molecule has 0 atom stereocenters. The highest BCUT2D eigenvalue weighted by molar-refractivity contribution is 9.10. The predicted octanol–water partition coefficient (Wildman–Crippen LogP) is 2.27. The van der Waals surface area contributed by atoms with E-state index in [0.29, 0.717) is 5.88 Å². The van der Waals surface area contributed by atoms with Crippen LogP contribution in [0.15, 0.2) is 22.8 Å². The minimum atomic E-state index is 0. The van der Waals surface area contributed by atoms with E-state index in [-0.39, 0.29) is 12.4 Å². The Kier molecular flexibility index (Phi) is 4.40. The van der Waals surface area contributed by atoms with E-state index in [4.69, 9.17) is 4.74 Å². The lowest BCUT2D eigenvalue weighted by Gasteiger charge is -1.94. The molecule has 0 aliphatic carbocycles. The maximum atomic E-state index is 4.84. The Morgan fingerprint density at radius 3 is 2.60 bits per heavy atom. The normalized spacial score (nSPS) is 8.20. The van der Waals surface area contributed by atoms with Crippen LogP contribution in [0.2, 0.25) is 0 Å². The van der Waals surface area contributed by atoms with Gasteiger partial charge in [0.05, 0.1) is 7.11 Å². The first-order chi connectivity index (χ1) is 4.33. The molecule has 0 N–H and O–H groups in total. The summed E-state index contributed by atoms with van der Waals surface area (Å²) in [6, 6.07) is 3.68. The first-order valence-electron chi connectivity index (χ1n) is 2.48. The summed E-state index contributed by atoms with van der Waals surface area (Å²) in [6.45, 7) is 0. The third-order valence-corrected chi connectivity index (χ3v) is 1.38. The summed E-state index contributed by atoms with van der Waals surface area (Å²) in [7, 11) is 1.59. The molecule has 0 fully saturated rings. The highest BCUT2D eigenvalue weighted by Crippen LogP contribution is 2.10. The first-order valence-corrected chi connectivity index (χ1v) is 3.28. The molecule has 0 aromatic carbocycles. The molecule has 0 radical (unpaired) electrons. The lowest BCUT2D eigenvalue weighted by molar-refractivity contribution is 0.397. The molecular formula is C6H7BrClNO. The zero-order valence-corrected chi connectivity index (χ0v) is 7.78. The Balaban J connectivity index is 0.000000810. The van der Waals surface area contributed by atoms with Gasteiger partial charge in [0.2, 0.25) is 5.88 Å². The Bertz CT molecular complexity index is 189. The number of hydrogen-bond donors (Lipinski definition) is 0. The molecule has 0 spiro atoms. The highest BCUT2D eigenvalue weighted by atomic mass is 79.9. The maximum Gasteiger partial charge on any atom is 0.212 e. The molecule has 0 amide bonds. The second-order valence-electron chi connectivity index (χ2n) is 1.52. The van der Waals surface area contributed by atoms with Gasteiger partial charge in [-0.05, 0) is 22.0 Å². The summed E-state index contributed by atoms with van der Waals surface area (Å²) in [5.41, 5.74) is 0. The quantitative estimate of drug-likeness (QED) is 0.730. The number of rotatable bonds is 1. The van der Waals surface area contributed by atoms with Crippen LogP contribution in [0.3, 0.4) is 0 Å². The first kappa shape index (κ1) is 9.72. The van der Waals surface area contributed by atoms with Gasteiger partial charge in [-0.25, -0.2) is 4.98 Å². The highest BCUT2D eigenvalue weighted by Gasteiger charge is 1.88. The van der Waals surface area contributed by atoms with Crippen molar-refractivity contribution < 1.29 is 4.74 Å². The van der Waals surface area contributed by atoms with Crippen LogP contribution in [0.1, 0.15) is 0 Å². The van der Waals surface area contributed by atoms with Crippen LogP contribution in [0.5, 0.6) is 5.88 Å². The van der Waals surface area contributed by atoms with Crippen LogP contribution in [-0.4, -0.2) is 12.1 Å². The Hall–Kier alpha value is -0.280. The molecule has 0 unspecified atom stereocenters. The van der Waals surface area contributed by atoms with E-state index in [2.05, 4.69) is 20.9 Å². The Labute approximate surface area is 74.2 Å². The Morgan fingerprint density at radius 2 is 2.20 bits per heavy atom. The molecule has 1 rings (SSSR count). The van der Waals surface area contributed by atoms with Crippen LogP contribution >= 0.6 is 28.3 Å². The monoisotopic (exact) mass is 223 g/mol. The van der Waals surface area contributed by atoms with Crippen molar-refractivity contribution in [2.24, 2.45) is 0 Å². The van der Waals surface area contributed by atoms with Crippen molar-refractivity contribution in [1.82, 2.24) is 4.98 Å². The smallest absolute Gasteiger partial charge is 0.212 e. The van der Waals surface area contributed by atoms with Gasteiger partial charge in [-0.2, -0.15) is 0 Å². The van der Waals surface area contributed by atoms with E-state index in [1.807, 2.05) is 6.07 Å². The third-order valence-electron chi connectivity index (χ3n) is 0.909. The van der Waals surface area contributed by atoms with Crippen molar-refractivity contribution in [3.63, 3.8) is 0 Å². The summed E-state index contributed by atoms with van der Waals surface area (Å²) in [6.07, 6.45) is 1.69. The number of pyridine rings is 1. The van der Waals surface area contributed by atoms with Crippen molar-refractivity contribution >= 4 is 28.3 Å². The van der Waals surface area contributed by atoms with E-state index in [0.717, 1.165) is 4.47 Å². The zero-order valence-electron chi connectivity index (χ0n) is 5.37.